The third-order valence-corrected chi connectivity index (χ3v) is 3.10. The van der Waals surface area contributed by atoms with Crippen molar-refractivity contribution in [3.63, 3.8) is 0 Å². The van der Waals surface area contributed by atoms with E-state index in [2.05, 4.69) is 10.1 Å². The topological polar surface area (TPSA) is 64.9 Å². The summed E-state index contributed by atoms with van der Waals surface area (Å²) in [4.78, 5) is 3.99. The van der Waals surface area contributed by atoms with Gasteiger partial charge in [-0.3, -0.25) is 0 Å². The number of hydrogen-bond donors (Lipinski definition) is 1. The van der Waals surface area contributed by atoms with Gasteiger partial charge in [-0.2, -0.15) is 4.98 Å². The Kier molecular flexibility index (Phi) is 2.78. The first-order chi connectivity index (χ1) is 9.06. The molecule has 2 N–H and O–H groups in total. The molecule has 1 unspecified atom stereocenters. The van der Waals surface area contributed by atoms with Gasteiger partial charge in [0.05, 0.1) is 6.04 Å². The second-order valence-electron chi connectivity index (χ2n) is 4.57. The van der Waals surface area contributed by atoms with Crippen molar-refractivity contribution in [3.05, 3.63) is 35.5 Å². The summed E-state index contributed by atoms with van der Waals surface area (Å²) in [5.74, 6) is -3.59. The third kappa shape index (κ3) is 2.21. The molecule has 19 heavy (non-hydrogen) atoms. The van der Waals surface area contributed by atoms with Gasteiger partial charge >= 0.3 is 0 Å². The number of nitrogens with two attached hydrogens (primary N) is 1. The molecule has 3 rings (SSSR count). The number of rotatable bonds is 3. The van der Waals surface area contributed by atoms with Crippen molar-refractivity contribution in [2.75, 3.05) is 0 Å². The Balaban J connectivity index is 1.94. The van der Waals surface area contributed by atoms with E-state index in [1.807, 2.05) is 0 Å². The summed E-state index contributed by atoms with van der Waals surface area (Å²) in [6.07, 6.45) is 2.00. The van der Waals surface area contributed by atoms with E-state index in [0.717, 1.165) is 25.0 Å². The first-order valence-electron chi connectivity index (χ1n) is 5.80. The average Bonchev–Trinajstić information content (AvgIpc) is 3.11. The molecule has 1 fully saturated rings. The third-order valence-electron chi connectivity index (χ3n) is 3.10. The molecule has 2 aromatic rings. The minimum atomic E-state index is -1.53. The van der Waals surface area contributed by atoms with E-state index in [-0.39, 0.29) is 23.3 Å². The smallest absolute Gasteiger partial charge is 0.244 e. The van der Waals surface area contributed by atoms with Crippen LogP contribution in [0, 0.1) is 23.4 Å². The Hall–Kier alpha value is -1.89. The Morgan fingerprint density at radius 3 is 2.42 bits per heavy atom. The molecule has 1 aromatic heterocycles. The normalized spacial score (nSPS) is 16.6. The summed E-state index contributed by atoms with van der Waals surface area (Å²) in [7, 11) is 0. The molecule has 1 heterocycles. The van der Waals surface area contributed by atoms with Crippen molar-refractivity contribution in [2.24, 2.45) is 11.7 Å². The minimum Gasteiger partial charge on any atom is -0.337 e. The Labute approximate surface area is 106 Å². The predicted octanol–water partition coefficient (Wildman–Crippen LogP) is 2.56. The highest BCUT2D eigenvalue weighted by atomic mass is 19.2. The first-order valence-corrected chi connectivity index (χ1v) is 5.80. The molecule has 1 saturated carbocycles. The van der Waals surface area contributed by atoms with Crippen molar-refractivity contribution < 1.29 is 17.7 Å². The SMILES string of the molecule is NC(c1nc(-c2cc(F)c(F)c(F)c2)no1)C1CC1. The first kappa shape index (κ1) is 12.2. The second kappa shape index (κ2) is 4.34. The predicted molar refractivity (Wildman–Crippen MR) is 59.3 cm³/mol. The monoisotopic (exact) mass is 269 g/mol. The van der Waals surface area contributed by atoms with Crippen LogP contribution in [0.4, 0.5) is 13.2 Å². The van der Waals surface area contributed by atoms with Gasteiger partial charge in [0.25, 0.3) is 0 Å². The van der Waals surface area contributed by atoms with E-state index in [0.29, 0.717) is 5.92 Å². The summed E-state index contributed by atoms with van der Waals surface area (Å²) in [5, 5.41) is 3.61. The van der Waals surface area contributed by atoms with Gasteiger partial charge < -0.3 is 10.3 Å². The molecule has 1 aliphatic rings. The zero-order chi connectivity index (χ0) is 13.6. The molecule has 1 atom stereocenters. The van der Waals surface area contributed by atoms with Crippen LogP contribution in [0.25, 0.3) is 11.4 Å². The minimum absolute atomic E-state index is 0.00870. The van der Waals surface area contributed by atoms with Crippen LogP contribution in [0.5, 0.6) is 0 Å². The molecule has 0 radical (unpaired) electrons. The van der Waals surface area contributed by atoms with Crippen LogP contribution in [0.2, 0.25) is 0 Å². The van der Waals surface area contributed by atoms with Gasteiger partial charge in [0.15, 0.2) is 17.5 Å². The average molecular weight is 269 g/mol. The van der Waals surface area contributed by atoms with E-state index < -0.39 is 17.5 Å². The molecular weight excluding hydrogens is 259 g/mol. The highest BCUT2D eigenvalue weighted by Crippen LogP contribution is 2.39. The highest BCUT2D eigenvalue weighted by molar-refractivity contribution is 5.54. The van der Waals surface area contributed by atoms with Gasteiger partial charge in [-0.25, -0.2) is 13.2 Å². The lowest BCUT2D eigenvalue weighted by atomic mass is 10.2. The van der Waals surface area contributed by atoms with Crippen LogP contribution in [-0.2, 0) is 0 Å². The van der Waals surface area contributed by atoms with Gasteiger partial charge in [0.2, 0.25) is 11.7 Å². The van der Waals surface area contributed by atoms with Crippen LogP contribution < -0.4 is 5.73 Å². The van der Waals surface area contributed by atoms with Gasteiger partial charge in [-0.1, -0.05) is 5.16 Å². The fourth-order valence-corrected chi connectivity index (χ4v) is 1.83. The van der Waals surface area contributed by atoms with Gasteiger partial charge in [0, 0.05) is 5.56 Å². The molecule has 0 amide bonds. The van der Waals surface area contributed by atoms with Crippen LogP contribution in [0.1, 0.15) is 24.8 Å². The lowest BCUT2D eigenvalue weighted by Crippen LogP contribution is -2.12. The van der Waals surface area contributed by atoms with E-state index >= 15 is 0 Å². The number of nitrogens with zero attached hydrogens (tertiary/aromatic N) is 2. The number of halogens is 3. The number of benzene rings is 1. The number of hydrogen-bond acceptors (Lipinski definition) is 4. The molecule has 7 heteroatoms. The summed E-state index contributed by atoms with van der Waals surface area (Å²) in [6.45, 7) is 0. The van der Waals surface area contributed by atoms with Crippen molar-refractivity contribution in [2.45, 2.75) is 18.9 Å². The van der Waals surface area contributed by atoms with Crippen LogP contribution >= 0.6 is 0 Å². The standard InChI is InChI=1S/C12H10F3N3O/c13-7-3-6(4-8(14)9(7)15)11-17-12(19-18-11)10(16)5-1-2-5/h3-5,10H,1-2,16H2. The van der Waals surface area contributed by atoms with Crippen molar-refractivity contribution in [1.29, 1.82) is 0 Å². The van der Waals surface area contributed by atoms with Crippen molar-refractivity contribution in [3.8, 4) is 11.4 Å². The van der Waals surface area contributed by atoms with E-state index in [9.17, 15) is 13.2 Å². The largest absolute Gasteiger partial charge is 0.337 e. The van der Waals surface area contributed by atoms with Gasteiger partial charge in [-0.05, 0) is 30.9 Å². The maximum Gasteiger partial charge on any atom is 0.244 e. The molecule has 1 aromatic carbocycles. The maximum atomic E-state index is 13.1. The quantitative estimate of drug-likeness (QED) is 0.870. The summed E-state index contributed by atoms with van der Waals surface area (Å²) in [5.41, 5.74) is 5.88. The van der Waals surface area contributed by atoms with E-state index in [4.69, 9.17) is 10.3 Å². The Bertz CT molecular complexity index is 601. The van der Waals surface area contributed by atoms with Crippen molar-refractivity contribution >= 4 is 0 Å². The molecule has 4 nitrogen and oxygen atoms in total. The van der Waals surface area contributed by atoms with Gasteiger partial charge in [-0.15, -0.1) is 0 Å². The lowest BCUT2D eigenvalue weighted by molar-refractivity contribution is 0.343. The fraction of sp³-hybridized carbons (Fsp3) is 0.333. The molecule has 0 aliphatic heterocycles. The molecule has 0 bridgehead atoms. The summed E-state index contributed by atoms with van der Waals surface area (Å²) in [6, 6.07) is 1.27. The van der Waals surface area contributed by atoms with Crippen LogP contribution in [0.15, 0.2) is 16.7 Å². The molecule has 0 spiro atoms. The Morgan fingerprint density at radius 2 is 1.84 bits per heavy atom. The number of aromatic nitrogens is 2. The zero-order valence-electron chi connectivity index (χ0n) is 9.74. The second-order valence-corrected chi connectivity index (χ2v) is 4.57. The van der Waals surface area contributed by atoms with Crippen molar-refractivity contribution in [1.82, 2.24) is 10.1 Å². The van der Waals surface area contributed by atoms with Crippen LogP contribution in [0.3, 0.4) is 0 Å². The Morgan fingerprint density at radius 1 is 1.21 bits per heavy atom. The van der Waals surface area contributed by atoms with E-state index in [1.54, 1.807) is 0 Å². The molecule has 1 aliphatic carbocycles. The molecule has 0 saturated heterocycles. The highest BCUT2D eigenvalue weighted by Gasteiger charge is 2.33. The summed E-state index contributed by atoms with van der Waals surface area (Å²) < 4.78 is 44.0. The molecular formula is C12H10F3N3O. The van der Waals surface area contributed by atoms with Gasteiger partial charge in [0.1, 0.15) is 0 Å². The lowest BCUT2D eigenvalue weighted by Gasteiger charge is -2.01. The summed E-state index contributed by atoms with van der Waals surface area (Å²) >= 11 is 0. The molecule has 100 valence electrons. The fourth-order valence-electron chi connectivity index (χ4n) is 1.83. The van der Waals surface area contributed by atoms with Crippen LogP contribution in [-0.4, -0.2) is 10.1 Å². The maximum absolute atomic E-state index is 13.1. The zero-order valence-corrected chi connectivity index (χ0v) is 9.74. The van der Waals surface area contributed by atoms with E-state index in [1.165, 1.54) is 0 Å².